The molecule has 202 valence electrons. The van der Waals surface area contributed by atoms with Crippen molar-refractivity contribution in [3.63, 3.8) is 0 Å². The molecule has 1 heterocycles. The lowest BCUT2D eigenvalue weighted by Gasteiger charge is -2.22. The first kappa shape index (κ1) is 26.3. The first-order valence-electron chi connectivity index (χ1n) is 14.3. The normalized spacial score (nSPS) is 15.7. The van der Waals surface area contributed by atoms with Crippen molar-refractivity contribution in [1.29, 1.82) is 0 Å². The minimum atomic E-state index is -0.00306. The summed E-state index contributed by atoms with van der Waals surface area (Å²) in [5.41, 5.74) is 13.7. The smallest absolute Gasteiger partial charge is 0.0410 e. The topological polar surface area (TPSA) is 0 Å². The molecule has 4 aromatic carbocycles. The van der Waals surface area contributed by atoms with Gasteiger partial charge >= 0.3 is 0 Å². The number of hydrogen-bond donors (Lipinski definition) is 0. The highest BCUT2D eigenvalue weighted by Gasteiger charge is 2.36. The van der Waals surface area contributed by atoms with Gasteiger partial charge < -0.3 is 0 Å². The molecule has 0 amide bonds. The molecule has 0 saturated carbocycles. The lowest BCUT2D eigenvalue weighted by molar-refractivity contribution is 0.660. The van der Waals surface area contributed by atoms with Gasteiger partial charge in [0, 0.05) is 30.4 Å². The third kappa shape index (κ3) is 4.03. The standard InChI is InChI=1S/C39H34S2/c1-7-35(25-16-18-29-27-12-8-10-14-31(27)38(3,4)33(29)22-25)40-24(2)36-20-21-37(41-36)26-17-19-30-28-13-9-11-15-32(28)39(5,6)34(30)23-26/h7-23H,2H2,1,3-6H3/b35-7-. The Morgan fingerprint density at radius 1 is 0.659 bits per heavy atom. The average molecular weight is 567 g/mol. The quantitative estimate of drug-likeness (QED) is 0.204. The summed E-state index contributed by atoms with van der Waals surface area (Å²) < 4.78 is 0. The second-order valence-electron chi connectivity index (χ2n) is 12.2. The molecule has 0 spiro atoms. The SMILES string of the molecule is C=C(S/C(=C\C)c1ccc2c(c1)C(C)(C)c1ccccc1-2)c1ccc(-c2ccc3c(c2)C(C)(C)c2ccccc2-3)s1. The van der Waals surface area contributed by atoms with Gasteiger partial charge in [0.1, 0.15) is 0 Å². The molecule has 2 heteroatoms. The predicted molar refractivity (Wildman–Crippen MR) is 182 cm³/mol. The molecule has 2 aliphatic carbocycles. The summed E-state index contributed by atoms with van der Waals surface area (Å²) in [6.45, 7) is 16.0. The van der Waals surface area contributed by atoms with E-state index in [9.17, 15) is 0 Å². The maximum absolute atomic E-state index is 4.52. The van der Waals surface area contributed by atoms with E-state index in [0.29, 0.717) is 0 Å². The Balaban J connectivity index is 1.15. The Bertz CT molecular complexity index is 1890. The van der Waals surface area contributed by atoms with Crippen molar-refractivity contribution in [2.45, 2.75) is 45.4 Å². The highest BCUT2D eigenvalue weighted by atomic mass is 32.2. The minimum Gasteiger partial charge on any atom is -0.135 e. The molecule has 7 rings (SSSR count). The van der Waals surface area contributed by atoms with E-state index >= 15 is 0 Å². The van der Waals surface area contributed by atoms with E-state index in [0.717, 1.165) is 4.91 Å². The van der Waals surface area contributed by atoms with E-state index in [1.165, 1.54) is 70.3 Å². The molecule has 0 N–H and O–H groups in total. The molecule has 0 unspecified atom stereocenters. The monoisotopic (exact) mass is 566 g/mol. The van der Waals surface area contributed by atoms with Crippen LogP contribution in [0.15, 0.2) is 110 Å². The third-order valence-electron chi connectivity index (χ3n) is 9.11. The number of benzene rings is 4. The summed E-state index contributed by atoms with van der Waals surface area (Å²) >= 11 is 3.61. The molecule has 0 radical (unpaired) electrons. The van der Waals surface area contributed by atoms with E-state index in [4.69, 9.17) is 0 Å². The van der Waals surface area contributed by atoms with Crippen molar-refractivity contribution in [3.05, 3.63) is 142 Å². The fourth-order valence-electron chi connectivity index (χ4n) is 6.83. The Kier molecular flexibility index (Phi) is 6.08. The largest absolute Gasteiger partial charge is 0.135 e. The van der Waals surface area contributed by atoms with Crippen LogP contribution < -0.4 is 0 Å². The van der Waals surface area contributed by atoms with E-state index < -0.39 is 0 Å². The molecular formula is C39H34S2. The molecule has 0 nitrogen and oxygen atoms in total. The van der Waals surface area contributed by atoms with Crippen LogP contribution in [0.25, 0.3) is 42.5 Å². The second-order valence-corrected chi connectivity index (χ2v) is 14.4. The molecule has 2 aliphatic rings. The Morgan fingerprint density at radius 2 is 1.22 bits per heavy atom. The van der Waals surface area contributed by atoms with Crippen LogP contribution in [-0.4, -0.2) is 0 Å². The van der Waals surface area contributed by atoms with E-state index in [-0.39, 0.29) is 10.8 Å². The average Bonchev–Trinajstić information content (AvgIpc) is 3.63. The molecule has 41 heavy (non-hydrogen) atoms. The highest BCUT2D eigenvalue weighted by molar-refractivity contribution is 8.16. The van der Waals surface area contributed by atoms with Crippen molar-refractivity contribution in [2.24, 2.45) is 0 Å². The summed E-state index contributed by atoms with van der Waals surface area (Å²) in [7, 11) is 0. The van der Waals surface area contributed by atoms with Gasteiger partial charge in [-0.05, 0) is 86.8 Å². The predicted octanol–water partition coefficient (Wildman–Crippen LogP) is 11.8. The molecule has 1 aromatic heterocycles. The fraction of sp³-hybridized carbons (Fsp3) is 0.179. The molecule has 0 saturated heterocycles. The molecule has 0 atom stereocenters. The zero-order valence-electron chi connectivity index (χ0n) is 24.3. The van der Waals surface area contributed by atoms with Gasteiger partial charge in [0.2, 0.25) is 0 Å². The van der Waals surface area contributed by atoms with Crippen molar-refractivity contribution < 1.29 is 0 Å². The van der Waals surface area contributed by atoms with Crippen LogP contribution in [0.3, 0.4) is 0 Å². The summed E-state index contributed by atoms with van der Waals surface area (Å²) in [4.78, 5) is 4.85. The van der Waals surface area contributed by atoms with Crippen LogP contribution in [0.1, 0.15) is 67.3 Å². The van der Waals surface area contributed by atoms with E-state index in [1.54, 1.807) is 11.8 Å². The van der Waals surface area contributed by atoms with Gasteiger partial charge in [-0.25, -0.2) is 0 Å². The second kappa shape index (κ2) is 9.48. The van der Waals surface area contributed by atoms with E-state index in [2.05, 4.69) is 144 Å². The first-order valence-corrected chi connectivity index (χ1v) is 16.0. The van der Waals surface area contributed by atoms with Crippen molar-refractivity contribution >= 4 is 32.9 Å². The van der Waals surface area contributed by atoms with Gasteiger partial charge in [-0.2, -0.15) is 0 Å². The number of fused-ring (bicyclic) bond motifs is 6. The minimum absolute atomic E-state index is 0.00306. The number of allylic oxidation sites excluding steroid dienone is 1. The zero-order valence-corrected chi connectivity index (χ0v) is 26.0. The Labute approximate surface area is 252 Å². The van der Waals surface area contributed by atoms with Crippen LogP contribution in [0.2, 0.25) is 0 Å². The van der Waals surface area contributed by atoms with Crippen molar-refractivity contribution in [2.75, 3.05) is 0 Å². The van der Waals surface area contributed by atoms with Gasteiger partial charge in [0.05, 0.1) is 0 Å². The number of hydrogen-bond acceptors (Lipinski definition) is 2. The lowest BCUT2D eigenvalue weighted by Crippen LogP contribution is -2.15. The van der Waals surface area contributed by atoms with Crippen LogP contribution in [0.4, 0.5) is 0 Å². The van der Waals surface area contributed by atoms with Crippen molar-refractivity contribution in [1.82, 2.24) is 0 Å². The summed E-state index contributed by atoms with van der Waals surface area (Å²) in [5, 5.41) is 0. The third-order valence-corrected chi connectivity index (χ3v) is 11.6. The number of rotatable bonds is 5. The lowest BCUT2D eigenvalue weighted by atomic mass is 9.82. The van der Waals surface area contributed by atoms with E-state index in [1.807, 2.05) is 11.3 Å². The van der Waals surface area contributed by atoms with Gasteiger partial charge in [-0.1, -0.05) is 125 Å². The summed E-state index contributed by atoms with van der Waals surface area (Å²) in [6.07, 6.45) is 2.22. The van der Waals surface area contributed by atoms with Gasteiger partial charge in [0.15, 0.2) is 0 Å². The van der Waals surface area contributed by atoms with Crippen LogP contribution in [-0.2, 0) is 10.8 Å². The maximum atomic E-state index is 4.52. The maximum Gasteiger partial charge on any atom is 0.0410 e. The van der Waals surface area contributed by atoms with Crippen molar-refractivity contribution in [3.8, 4) is 32.7 Å². The van der Waals surface area contributed by atoms with Gasteiger partial charge in [-0.15, -0.1) is 11.3 Å². The zero-order chi connectivity index (χ0) is 28.5. The molecule has 0 bridgehead atoms. The van der Waals surface area contributed by atoms with Crippen LogP contribution >= 0.6 is 23.1 Å². The first-order chi connectivity index (χ1) is 19.7. The fourth-order valence-corrected chi connectivity index (χ4v) is 8.74. The molecule has 0 fully saturated rings. The van der Waals surface area contributed by atoms with Crippen LogP contribution in [0.5, 0.6) is 0 Å². The highest BCUT2D eigenvalue weighted by Crippen LogP contribution is 2.52. The number of thioether (sulfide) groups is 1. The van der Waals surface area contributed by atoms with Gasteiger partial charge in [0.25, 0.3) is 0 Å². The Hall–Kier alpha value is -3.59. The molecular weight excluding hydrogens is 533 g/mol. The summed E-state index contributed by atoms with van der Waals surface area (Å²) in [5.74, 6) is 0. The Morgan fingerprint density at radius 3 is 1.85 bits per heavy atom. The summed E-state index contributed by atoms with van der Waals surface area (Å²) in [6, 6.07) is 36.1. The number of thiophene rings is 1. The van der Waals surface area contributed by atoms with Crippen LogP contribution in [0, 0.1) is 0 Å². The molecule has 5 aromatic rings. The van der Waals surface area contributed by atoms with Gasteiger partial charge in [-0.3, -0.25) is 0 Å². The molecule has 0 aliphatic heterocycles.